The first-order valence-electron chi connectivity index (χ1n) is 8.84. The third kappa shape index (κ3) is 7.12. The molecule has 0 spiro atoms. The van der Waals surface area contributed by atoms with Crippen molar-refractivity contribution in [2.45, 2.75) is 51.6 Å². The maximum absolute atomic E-state index is 12.0. The van der Waals surface area contributed by atoms with Gasteiger partial charge in [-0.05, 0) is 37.5 Å². The van der Waals surface area contributed by atoms with Crippen molar-refractivity contribution in [3.8, 4) is 0 Å². The maximum atomic E-state index is 12.0. The predicted octanol–water partition coefficient (Wildman–Crippen LogP) is 3.50. The second-order valence-corrected chi connectivity index (χ2v) is 7.00. The number of aliphatic imine (C=N–C) groups is 1. The standard InChI is InChI=1S/C18H26Cl2N4O/c1-2-21-18(23-12-13-7-8-14(19)11-16(13)20)22-10-9-17(25)24-15-5-3-4-6-15/h7-8,11,15H,2-6,9-10,12H2,1H3,(H,24,25)(H2,21,22,23). The van der Waals surface area contributed by atoms with Gasteiger partial charge >= 0.3 is 0 Å². The van der Waals surface area contributed by atoms with Crippen molar-refractivity contribution in [2.75, 3.05) is 13.1 Å². The number of carbonyl (C=O) groups is 1. The summed E-state index contributed by atoms with van der Waals surface area (Å²) in [5.41, 5.74) is 0.905. The van der Waals surface area contributed by atoms with Gasteiger partial charge in [-0.1, -0.05) is 42.1 Å². The molecule has 1 fully saturated rings. The van der Waals surface area contributed by atoms with E-state index in [0.29, 0.717) is 41.6 Å². The van der Waals surface area contributed by atoms with Gasteiger partial charge in [-0.15, -0.1) is 0 Å². The van der Waals surface area contributed by atoms with Crippen LogP contribution in [-0.4, -0.2) is 31.0 Å². The molecule has 2 rings (SSSR count). The van der Waals surface area contributed by atoms with Crippen LogP contribution >= 0.6 is 23.2 Å². The summed E-state index contributed by atoms with van der Waals surface area (Å²) in [6.07, 6.45) is 5.07. The van der Waals surface area contributed by atoms with Crippen LogP contribution in [0, 0.1) is 0 Å². The van der Waals surface area contributed by atoms with Crippen molar-refractivity contribution in [1.82, 2.24) is 16.0 Å². The molecule has 5 nitrogen and oxygen atoms in total. The summed E-state index contributed by atoms with van der Waals surface area (Å²) in [5, 5.41) is 10.6. The van der Waals surface area contributed by atoms with Crippen LogP contribution in [0.25, 0.3) is 0 Å². The van der Waals surface area contributed by atoms with E-state index in [1.807, 2.05) is 13.0 Å². The molecule has 1 aromatic rings. The van der Waals surface area contributed by atoms with Gasteiger partial charge in [0.2, 0.25) is 5.91 Å². The van der Waals surface area contributed by atoms with E-state index in [2.05, 4.69) is 20.9 Å². The Morgan fingerprint density at radius 3 is 2.68 bits per heavy atom. The number of carbonyl (C=O) groups excluding carboxylic acids is 1. The van der Waals surface area contributed by atoms with Gasteiger partial charge in [-0.3, -0.25) is 4.79 Å². The molecule has 0 radical (unpaired) electrons. The van der Waals surface area contributed by atoms with E-state index in [1.165, 1.54) is 12.8 Å². The zero-order valence-corrected chi connectivity index (χ0v) is 16.1. The SMILES string of the molecule is CCNC(=NCc1ccc(Cl)cc1Cl)NCCC(=O)NC1CCCC1. The Bertz CT molecular complexity index is 601. The monoisotopic (exact) mass is 384 g/mol. The Kier molecular flexibility index (Phi) is 8.35. The molecule has 0 saturated heterocycles. The average molecular weight is 385 g/mol. The third-order valence-electron chi connectivity index (χ3n) is 4.13. The van der Waals surface area contributed by atoms with E-state index >= 15 is 0 Å². The zero-order valence-electron chi connectivity index (χ0n) is 14.6. The Morgan fingerprint density at radius 1 is 1.24 bits per heavy atom. The smallest absolute Gasteiger partial charge is 0.221 e. The van der Waals surface area contributed by atoms with Gasteiger partial charge in [0.15, 0.2) is 5.96 Å². The van der Waals surface area contributed by atoms with Crippen LogP contribution in [0.15, 0.2) is 23.2 Å². The molecule has 7 heteroatoms. The van der Waals surface area contributed by atoms with E-state index in [0.717, 1.165) is 24.9 Å². The summed E-state index contributed by atoms with van der Waals surface area (Å²) in [6, 6.07) is 5.74. The molecule has 1 saturated carbocycles. The van der Waals surface area contributed by atoms with E-state index in [9.17, 15) is 4.79 Å². The topological polar surface area (TPSA) is 65.5 Å². The third-order valence-corrected chi connectivity index (χ3v) is 4.72. The molecule has 0 bridgehead atoms. The summed E-state index contributed by atoms with van der Waals surface area (Å²) in [4.78, 5) is 16.5. The lowest BCUT2D eigenvalue weighted by Gasteiger charge is -2.14. The van der Waals surface area contributed by atoms with Gasteiger partial charge < -0.3 is 16.0 Å². The molecule has 1 aliphatic rings. The number of rotatable bonds is 7. The molecule has 1 aromatic carbocycles. The molecule has 0 heterocycles. The number of guanidine groups is 1. The van der Waals surface area contributed by atoms with Gasteiger partial charge in [0, 0.05) is 35.6 Å². The highest BCUT2D eigenvalue weighted by atomic mass is 35.5. The minimum atomic E-state index is 0.0935. The molecular formula is C18H26Cl2N4O. The summed E-state index contributed by atoms with van der Waals surface area (Å²) in [5.74, 6) is 0.762. The number of hydrogen-bond donors (Lipinski definition) is 3. The summed E-state index contributed by atoms with van der Waals surface area (Å²) < 4.78 is 0. The normalized spacial score (nSPS) is 15.2. The number of nitrogens with zero attached hydrogens (tertiary/aromatic N) is 1. The van der Waals surface area contributed by atoms with Crippen molar-refractivity contribution < 1.29 is 4.79 Å². The van der Waals surface area contributed by atoms with Crippen LogP contribution in [0.3, 0.4) is 0 Å². The van der Waals surface area contributed by atoms with Crippen molar-refractivity contribution in [3.63, 3.8) is 0 Å². The second kappa shape index (κ2) is 10.5. The number of halogens is 2. The largest absolute Gasteiger partial charge is 0.357 e. The van der Waals surface area contributed by atoms with E-state index in [1.54, 1.807) is 12.1 Å². The zero-order chi connectivity index (χ0) is 18.1. The molecule has 25 heavy (non-hydrogen) atoms. The molecule has 1 amide bonds. The van der Waals surface area contributed by atoms with Crippen LogP contribution in [0.1, 0.15) is 44.6 Å². The molecule has 1 aliphatic carbocycles. The fourth-order valence-electron chi connectivity index (χ4n) is 2.82. The minimum Gasteiger partial charge on any atom is -0.357 e. The van der Waals surface area contributed by atoms with Gasteiger partial charge in [0.05, 0.1) is 6.54 Å². The van der Waals surface area contributed by atoms with Gasteiger partial charge in [0.25, 0.3) is 0 Å². The quantitative estimate of drug-likeness (QED) is 0.497. The van der Waals surface area contributed by atoms with Gasteiger partial charge in [-0.25, -0.2) is 4.99 Å². The summed E-state index contributed by atoms with van der Waals surface area (Å²) in [6.45, 7) is 3.73. The van der Waals surface area contributed by atoms with E-state index in [4.69, 9.17) is 23.2 Å². The molecule has 138 valence electrons. The van der Waals surface area contributed by atoms with Gasteiger partial charge in [0.1, 0.15) is 0 Å². The molecule has 0 atom stereocenters. The van der Waals surface area contributed by atoms with Crippen LogP contribution in [-0.2, 0) is 11.3 Å². The fraction of sp³-hybridized carbons (Fsp3) is 0.556. The first-order valence-corrected chi connectivity index (χ1v) is 9.59. The number of nitrogens with one attached hydrogen (secondary N) is 3. The molecule has 0 unspecified atom stereocenters. The van der Waals surface area contributed by atoms with Crippen molar-refractivity contribution >= 4 is 35.1 Å². The Morgan fingerprint density at radius 2 is 2.00 bits per heavy atom. The average Bonchev–Trinajstić information content (AvgIpc) is 3.06. The highest BCUT2D eigenvalue weighted by molar-refractivity contribution is 6.35. The first-order chi connectivity index (χ1) is 12.1. The highest BCUT2D eigenvalue weighted by Crippen LogP contribution is 2.21. The highest BCUT2D eigenvalue weighted by Gasteiger charge is 2.16. The van der Waals surface area contributed by atoms with Crippen molar-refractivity contribution in [3.05, 3.63) is 33.8 Å². The van der Waals surface area contributed by atoms with Crippen molar-refractivity contribution in [2.24, 2.45) is 4.99 Å². The van der Waals surface area contributed by atoms with Gasteiger partial charge in [-0.2, -0.15) is 0 Å². The van der Waals surface area contributed by atoms with E-state index in [-0.39, 0.29) is 5.91 Å². The number of amides is 1. The molecular weight excluding hydrogens is 359 g/mol. The maximum Gasteiger partial charge on any atom is 0.221 e. The molecule has 3 N–H and O–H groups in total. The number of benzene rings is 1. The van der Waals surface area contributed by atoms with Crippen LogP contribution < -0.4 is 16.0 Å². The molecule has 0 aliphatic heterocycles. The van der Waals surface area contributed by atoms with Crippen LogP contribution in [0.2, 0.25) is 10.0 Å². The summed E-state index contributed by atoms with van der Waals surface area (Å²) >= 11 is 12.1. The van der Waals surface area contributed by atoms with E-state index < -0.39 is 0 Å². The lowest BCUT2D eigenvalue weighted by Crippen LogP contribution is -2.40. The Balaban J connectivity index is 1.79. The lowest BCUT2D eigenvalue weighted by molar-refractivity contribution is -0.121. The van der Waals surface area contributed by atoms with Crippen LogP contribution in [0.4, 0.5) is 0 Å². The molecule has 0 aromatic heterocycles. The summed E-state index contributed by atoms with van der Waals surface area (Å²) in [7, 11) is 0. The first kappa shape index (κ1) is 19.9. The number of hydrogen-bond acceptors (Lipinski definition) is 2. The second-order valence-electron chi connectivity index (χ2n) is 6.16. The van der Waals surface area contributed by atoms with Crippen molar-refractivity contribution in [1.29, 1.82) is 0 Å². The Hall–Kier alpha value is -1.46. The minimum absolute atomic E-state index is 0.0935. The lowest BCUT2D eigenvalue weighted by atomic mass is 10.2. The Labute approximate surface area is 159 Å². The van der Waals surface area contributed by atoms with Crippen LogP contribution in [0.5, 0.6) is 0 Å². The predicted molar refractivity (Wildman–Crippen MR) is 104 cm³/mol. The fourth-order valence-corrected chi connectivity index (χ4v) is 3.29.